The Morgan fingerprint density at radius 1 is 0.895 bits per heavy atom. The fourth-order valence-corrected chi connectivity index (χ4v) is 1.69. The van der Waals surface area contributed by atoms with Gasteiger partial charge < -0.3 is 14.0 Å². The first kappa shape index (κ1) is 18.4. The summed E-state index contributed by atoms with van der Waals surface area (Å²) < 4.78 is 12.4. The van der Waals surface area contributed by atoms with Crippen molar-refractivity contribution >= 4 is 0 Å². The van der Waals surface area contributed by atoms with E-state index in [1.165, 1.54) is 0 Å². The van der Waals surface area contributed by atoms with Crippen molar-refractivity contribution in [2.45, 2.75) is 32.8 Å². The molecule has 3 heteroatoms. The second kappa shape index (κ2) is 11.2. The Morgan fingerprint density at radius 3 is 2.00 bits per heavy atom. The lowest BCUT2D eigenvalue weighted by atomic mass is 10.3. The number of likely N-dealkylation sites (N-methyl/N-ethyl adjacent to an activating group) is 1. The summed E-state index contributed by atoms with van der Waals surface area (Å²) in [6.45, 7) is 7.21. The van der Waals surface area contributed by atoms with E-state index in [0.29, 0.717) is 19.8 Å². The minimum absolute atomic E-state index is 0.150. The van der Waals surface area contributed by atoms with Crippen molar-refractivity contribution in [3.63, 3.8) is 0 Å². The molecular formula is C16H32NO2+. The normalized spacial score (nSPS) is 14.6. The van der Waals surface area contributed by atoms with Gasteiger partial charge >= 0.3 is 0 Å². The molecule has 0 bridgehead atoms. The molecule has 1 atom stereocenters. The molecular weight excluding hydrogens is 238 g/mol. The Morgan fingerprint density at radius 2 is 1.47 bits per heavy atom. The molecule has 0 aromatic rings. The van der Waals surface area contributed by atoms with E-state index in [1.807, 2.05) is 0 Å². The maximum atomic E-state index is 5.88. The Balaban J connectivity index is 4.03. The predicted molar refractivity (Wildman–Crippen MR) is 82.3 cm³/mol. The highest BCUT2D eigenvalue weighted by Crippen LogP contribution is 2.02. The Kier molecular flexibility index (Phi) is 10.8. The first-order valence-corrected chi connectivity index (χ1v) is 7.29. The van der Waals surface area contributed by atoms with E-state index in [2.05, 4.69) is 59.3 Å². The minimum Gasteiger partial charge on any atom is -0.374 e. The van der Waals surface area contributed by atoms with Gasteiger partial charge in [0.25, 0.3) is 0 Å². The molecule has 0 saturated carbocycles. The SMILES string of the molecule is CCC=CCOCC(C[N+](C)(C)C)OCC=CCC. The van der Waals surface area contributed by atoms with Crippen molar-refractivity contribution in [2.24, 2.45) is 0 Å². The monoisotopic (exact) mass is 270 g/mol. The van der Waals surface area contributed by atoms with Crippen LogP contribution >= 0.6 is 0 Å². The van der Waals surface area contributed by atoms with E-state index in [9.17, 15) is 0 Å². The van der Waals surface area contributed by atoms with Gasteiger partial charge in [0.2, 0.25) is 0 Å². The van der Waals surface area contributed by atoms with Crippen LogP contribution in [0.3, 0.4) is 0 Å². The molecule has 0 aliphatic rings. The molecule has 0 fully saturated rings. The Bertz CT molecular complexity index is 254. The highest BCUT2D eigenvalue weighted by Gasteiger charge is 2.18. The van der Waals surface area contributed by atoms with Crippen LogP contribution in [0.1, 0.15) is 26.7 Å². The fraction of sp³-hybridized carbons (Fsp3) is 0.750. The highest BCUT2D eigenvalue weighted by atomic mass is 16.5. The molecule has 0 saturated heterocycles. The van der Waals surface area contributed by atoms with E-state index >= 15 is 0 Å². The third kappa shape index (κ3) is 13.6. The molecule has 0 aromatic carbocycles. The molecule has 0 heterocycles. The van der Waals surface area contributed by atoms with Crippen molar-refractivity contribution < 1.29 is 14.0 Å². The Labute approximate surface area is 119 Å². The summed E-state index contributed by atoms with van der Waals surface area (Å²) in [5, 5.41) is 0. The lowest BCUT2D eigenvalue weighted by Crippen LogP contribution is -2.44. The summed E-state index contributed by atoms with van der Waals surface area (Å²) in [5.74, 6) is 0. The second-order valence-electron chi connectivity index (χ2n) is 5.73. The van der Waals surface area contributed by atoms with E-state index in [-0.39, 0.29) is 6.10 Å². The van der Waals surface area contributed by atoms with Crippen LogP contribution in [0.15, 0.2) is 24.3 Å². The van der Waals surface area contributed by atoms with E-state index in [1.54, 1.807) is 0 Å². The van der Waals surface area contributed by atoms with Crippen LogP contribution in [0, 0.1) is 0 Å². The second-order valence-corrected chi connectivity index (χ2v) is 5.73. The third-order valence-electron chi connectivity index (χ3n) is 2.50. The molecule has 0 N–H and O–H groups in total. The average molecular weight is 270 g/mol. The van der Waals surface area contributed by atoms with Gasteiger partial charge in [-0.15, -0.1) is 0 Å². The van der Waals surface area contributed by atoms with Gasteiger partial charge in [-0.3, -0.25) is 0 Å². The largest absolute Gasteiger partial charge is 0.374 e. The number of ether oxygens (including phenoxy) is 2. The zero-order valence-corrected chi connectivity index (χ0v) is 13.4. The molecule has 112 valence electrons. The van der Waals surface area contributed by atoms with Gasteiger partial charge in [0, 0.05) is 0 Å². The highest BCUT2D eigenvalue weighted by molar-refractivity contribution is 4.81. The molecule has 0 radical (unpaired) electrons. The maximum Gasteiger partial charge on any atom is 0.130 e. The van der Waals surface area contributed by atoms with Crippen LogP contribution in [-0.2, 0) is 9.47 Å². The van der Waals surface area contributed by atoms with Gasteiger partial charge in [0.05, 0.1) is 41.0 Å². The smallest absolute Gasteiger partial charge is 0.130 e. The van der Waals surface area contributed by atoms with Gasteiger partial charge in [-0.25, -0.2) is 0 Å². The van der Waals surface area contributed by atoms with Crippen LogP contribution in [0.2, 0.25) is 0 Å². The number of hydrogen-bond acceptors (Lipinski definition) is 2. The van der Waals surface area contributed by atoms with Crippen LogP contribution in [-0.4, -0.2) is 58.1 Å². The quantitative estimate of drug-likeness (QED) is 0.326. The van der Waals surface area contributed by atoms with Crippen LogP contribution in [0.25, 0.3) is 0 Å². The van der Waals surface area contributed by atoms with Crippen molar-refractivity contribution in [3.05, 3.63) is 24.3 Å². The first-order chi connectivity index (χ1) is 8.99. The molecule has 0 aliphatic carbocycles. The number of nitrogens with zero attached hydrogens (tertiary/aromatic N) is 1. The topological polar surface area (TPSA) is 18.5 Å². The summed E-state index contributed by atoms with van der Waals surface area (Å²) >= 11 is 0. The molecule has 0 aromatic heterocycles. The molecule has 0 aliphatic heterocycles. The zero-order valence-electron chi connectivity index (χ0n) is 13.4. The predicted octanol–water partition coefficient (Wildman–Crippen LogP) is 3.03. The molecule has 0 amide bonds. The maximum absolute atomic E-state index is 5.88. The standard InChI is InChI=1S/C16H32NO2/c1-6-8-10-12-18-15-16(14-17(3,4)5)19-13-11-9-7-2/h8-11,16H,6-7,12-15H2,1-5H3/q+1. The number of quaternary nitrogens is 1. The Hall–Kier alpha value is -0.640. The molecule has 3 nitrogen and oxygen atoms in total. The van der Waals surface area contributed by atoms with Crippen molar-refractivity contribution in [1.29, 1.82) is 0 Å². The van der Waals surface area contributed by atoms with Gasteiger partial charge in [-0.05, 0) is 12.8 Å². The van der Waals surface area contributed by atoms with Crippen LogP contribution in [0.5, 0.6) is 0 Å². The fourth-order valence-electron chi connectivity index (χ4n) is 1.69. The lowest BCUT2D eigenvalue weighted by Gasteiger charge is -2.28. The van der Waals surface area contributed by atoms with E-state index in [0.717, 1.165) is 23.9 Å². The summed E-state index contributed by atoms with van der Waals surface area (Å²) in [5.41, 5.74) is 0. The average Bonchev–Trinajstić information content (AvgIpc) is 2.32. The lowest BCUT2D eigenvalue weighted by molar-refractivity contribution is -0.873. The molecule has 1 unspecified atom stereocenters. The summed E-state index contributed by atoms with van der Waals surface area (Å²) in [4.78, 5) is 0. The first-order valence-electron chi connectivity index (χ1n) is 7.29. The van der Waals surface area contributed by atoms with Gasteiger partial charge in [0.1, 0.15) is 12.6 Å². The number of hydrogen-bond donors (Lipinski definition) is 0. The summed E-state index contributed by atoms with van der Waals surface area (Å²) in [6, 6.07) is 0. The van der Waals surface area contributed by atoms with Crippen molar-refractivity contribution in [1.82, 2.24) is 0 Å². The zero-order chi connectivity index (χ0) is 14.6. The minimum atomic E-state index is 0.150. The van der Waals surface area contributed by atoms with Gasteiger partial charge in [-0.1, -0.05) is 38.2 Å². The van der Waals surface area contributed by atoms with E-state index < -0.39 is 0 Å². The van der Waals surface area contributed by atoms with Gasteiger partial charge in [0.15, 0.2) is 0 Å². The molecule has 0 spiro atoms. The van der Waals surface area contributed by atoms with E-state index in [4.69, 9.17) is 9.47 Å². The third-order valence-corrected chi connectivity index (χ3v) is 2.50. The number of rotatable bonds is 11. The van der Waals surface area contributed by atoms with Crippen molar-refractivity contribution in [2.75, 3.05) is 47.5 Å². The van der Waals surface area contributed by atoms with Crippen molar-refractivity contribution in [3.8, 4) is 0 Å². The van der Waals surface area contributed by atoms with Crippen LogP contribution < -0.4 is 0 Å². The van der Waals surface area contributed by atoms with Crippen LogP contribution in [0.4, 0.5) is 0 Å². The number of allylic oxidation sites excluding steroid dienone is 2. The summed E-state index contributed by atoms with van der Waals surface area (Å²) in [6.07, 6.45) is 10.7. The summed E-state index contributed by atoms with van der Waals surface area (Å²) in [7, 11) is 6.53. The molecule has 0 rings (SSSR count). The molecule has 19 heavy (non-hydrogen) atoms. The van der Waals surface area contributed by atoms with Gasteiger partial charge in [-0.2, -0.15) is 0 Å².